The normalized spacial score (nSPS) is 17.7. The third-order valence-electron chi connectivity index (χ3n) is 6.27. The predicted octanol–water partition coefficient (Wildman–Crippen LogP) is 4.90. The van der Waals surface area contributed by atoms with Gasteiger partial charge in [-0.15, -0.1) is 11.3 Å². The molecule has 1 aromatic heterocycles. The van der Waals surface area contributed by atoms with Crippen LogP contribution >= 0.6 is 11.3 Å². The van der Waals surface area contributed by atoms with E-state index in [1.807, 2.05) is 5.38 Å². The zero-order chi connectivity index (χ0) is 21.6. The lowest BCUT2D eigenvalue weighted by Crippen LogP contribution is -2.44. The SMILES string of the molecule is CCN1CCC(N2CCc3ccc(C(O)c4cscn4)cc32)CC1.Fc1ccccc1. The van der Waals surface area contributed by atoms with Crippen LogP contribution in [0.3, 0.4) is 0 Å². The molecule has 0 amide bonds. The van der Waals surface area contributed by atoms with Crippen LogP contribution < -0.4 is 4.90 Å². The Morgan fingerprint density at radius 3 is 2.52 bits per heavy atom. The van der Waals surface area contributed by atoms with Crippen LogP contribution in [0.5, 0.6) is 0 Å². The van der Waals surface area contributed by atoms with Crippen molar-refractivity contribution in [2.75, 3.05) is 31.1 Å². The van der Waals surface area contributed by atoms with Crippen molar-refractivity contribution in [3.63, 3.8) is 0 Å². The van der Waals surface area contributed by atoms with E-state index in [1.54, 1.807) is 23.7 Å². The van der Waals surface area contributed by atoms with Crippen molar-refractivity contribution in [3.8, 4) is 0 Å². The average Bonchev–Trinajstić information content (AvgIpc) is 3.49. The molecule has 164 valence electrons. The number of fused-ring (bicyclic) bond motifs is 1. The van der Waals surface area contributed by atoms with Gasteiger partial charge in [0.2, 0.25) is 0 Å². The zero-order valence-corrected chi connectivity index (χ0v) is 18.8. The van der Waals surface area contributed by atoms with Crippen molar-refractivity contribution in [3.05, 3.63) is 82.1 Å². The van der Waals surface area contributed by atoms with Crippen molar-refractivity contribution in [1.29, 1.82) is 0 Å². The van der Waals surface area contributed by atoms with E-state index < -0.39 is 6.10 Å². The standard InChI is InChI=1S/C19H25N3OS.C6H5F/c1-2-21-8-6-16(7-9-21)22-10-5-14-3-4-15(11-18(14)22)19(23)17-12-24-13-20-17;7-6-4-2-1-3-5-6/h3-4,11-13,16,19,23H,2,5-10H2,1H3;1-5H. The van der Waals surface area contributed by atoms with E-state index in [0.717, 1.165) is 30.8 Å². The third kappa shape index (κ3) is 5.32. The first-order chi connectivity index (χ1) is 15.2. The van der Waals surface area contributed by atoms with Crippen LogP contribution in [0.15, 0.2) is 59.4 Å². The molecule has 1 fully saturated rings. The molecule has 31 heavy (non-hydrogen) atoms. The van der Waals surface area contributed by atoms with Gasteiger partial charge in [-0.3, -0.25) is 0 Å². The molecular formula is C25H30FN3OS. The number of aliphatic hydroxyl groups excluding tert-OH is 1. The highest BCUT2D eigenvalue weighted by Crippen LogP contribution is 2.35. The Labute approximate surface area is 188 Å². The number of rotatable bonds is 4. The molecule has 1 N–H and O–H groups in total. The summed E-state index contributed by atoms with van der Waals surface area (Å²) in [5.74, 6) is -0.178. The molecule has 2 aliphatic heterocycles. The molecule has 6 heteroatoms. The van der Waals surface area contributed by atoms with Gasteiger partial charge in [0.05, 0.1) is 11.2 Å². The highest BCUT2D eigenvalue weighted by molar-refractivity contribution is 7.07. The molecule has 0 radical (unpaired) electrons. The number of likely N-dealkylation sites (tertiary alicyclic amines) is 1. The Morgan fingerprint density at radius 1 is 1.13 bits per heavy atom. The molecule has 4 nitrogen and oxygen atoms in total. The Bertz CT molecular complexity index is 943. The van der Waals surface area contributed by atoms with Gasteiger partial charge < -0.3 is 14.9 Å². The summed E-state index contributed by atoms with van der Waals surface area (Å²) in [7, 11) is 0. The van der Waals surface area contributed by atoms with Gasteiger partial charge in [-0.05, 0) is 55.1 Å². The quantitative estimate of drug-likeness (QED) is 0.628. The third-order valence-corrected chi connectivity index (χ3v) is 6.87. The summed E-state index contributed by atoms with van der Waals surface area (Å²) in [6, 6.07) is 15.0. The van der Waals surface area contributed by atoms with E-state index in [2.05, 4.69) is 39.9 Å². The molecule has 3 heterocycles. The second kappa shape index (κ2) is 10.4. The Balaban J connectivity index is 0.000000282. The molecule has 1 atom stereocenters. The summed E-state index contributed by atoms with van der Waals surface area (Å²) in [5.41, 5.74) is 6.23. The monoisotopic (exact) mass is 439 g/mol. The Morgan fingerprint density at radius 2 is 1.90 bits per heavy atom. The molecule has 2 aliphatic rings. The predicted molar refractivity (Wildman–Crippen MR) is 125 cm³/mol. The number of hydrogen-bond acceptors (Lipinski definition) is 5. The van der Waals surface area contributed by atoms with Crippen molar-refractivity contribution in [2.24, 2.45) is 0 Å². The fourth-order valence-corrected chi connectivity index (χ4v) is 5.03. The van der Waals surface area contributed by atoms with Crippen molar-refractivity contribution < 1.29 is 9.50 Å². The molecule has 0 spiro atoms. The molecule has 0 saturated carbocycles. The summed E-state index contributed by atoms with van der Waals surface area (Å²) in [5, 5.41) is 12.5. The highest BCUT2D eigenvalue weighted by Gasteiger charge is 2.29. The summed E-state index contributed by atoms with van der Waals surface area (Å²) in [6.07, 6.45) is 2.99. The van der Waals surface area contributed by atoms with Gasteiger partial charge in [0.25, 0.3) is 0 Å². The van der Waals surface area contributed by atoms with Gasteiger partial charge in [0.15, 0.2) is 0 Å². The maximum absolute atomic E-state index is 11.9. The number of benzene rings is 2. The van der Waals surface area contributed by atoms with Crippen LogP contribution in [0.1, 0.15) is 42.7 Å². The van der Waals surface area contributed by atoms with Crippen LogP contribution in [0, 0.1) is 5.82 Å². The van der Waals surface area contributed by atoms with E-state index in [-0.39, 0.29) is 5.82 Å². The lowest BCUT2D eigenvalue weighted by atomic mass is 10.0. The van der Waals surface area contributed by atoms with Gasteiger partial charge in [-0.2, -0.15) is 0 Å². The minimum absolute atomic E-state index is 0.178. The number of anilines is 1. The second-order valence-electron chi connectivity index (χ2n) is 8.11. The maximum Gasteiger partial charge on any atom is 0.123 e. The lowest BCUT2D eigenvalue weighted by molar-refractivity contribution is 0.215. The summed E-state index contributed by atoms with van der Waals surface area (Å²) in [4.78, 5) is 9.38. The largest absolute Gasteiger partial charge is 0.382 e. The first kappa shape index (κ1) is 21.9. The number of piperidine rings is 1. The van der Waals surface area contributed by atoms with E-state index in [9.17, 15) is 9.50 Å². The van der Waals surface area contributed by atoms with Gasteiger partial charge in [-0.25, -0.2) is 9.37 Å². The van der Waals surface area contributed by atoms with E-state index >= 15 is 0 Å². The van der Waals surface area contributed by atoms with Crippen molar-refractivity contribution >= 4 is 17.0 Å². The number of thiazole rings is 1. The minimum Gasteiger partial charge on any atom is -0.382 e. The Kier molecular flexibility index (Phi) is 7.33. The Hall–Kier alpha value is -2.28. The molecule has 1 unspecified atom stereocenters. The fraction of sp³-hybridized carbons (Fsp3) is 0.400. The molecular weight excluding hydrogens is 409 g/mol. The molecule has 2 aromatic carbocycles. The summed E-state index contributed by atoms with van der Waals surface area (Å²) >= 11 is 1.53. The first-order valence-electron chi connectivity index (χ1n) is 11.0. The lowest BCUT2D eigenvalue weighted by Gasteiger charge is -2.37. The van der Waals surface area contributed by atoms with Gasteiger partial charge in [0, 0.05) is 36.7 Å². The molecule has 0 aliphatic carbocycles. The van der Waals surface area contributed by atoms with Gasteiger partial charge >= 0.3 is 0 Å². The van der Waals surface area contributed by atoms with E-state index in [4.69, 9.17) is 0 Å². The molecule has 0 bridgehead atoms. The fourth-order valence-electron chi connectivity index (χ4n) is 4.46. The number of aromatic nitrogens is 1. The first-order valence-corrected chi connectivity index (χ1v) is 12.0. The zero-order valence-electron chi connectivity index (χ0n) is 18.0. The number of halogens is 1. The van der Waals surface area contributed by atoms with Crippen molar-refractivity contribution in [2.45, 2.75) is 38.3 Å². The van der Waals surface area contributed by atoms with Crippen LogP contribution in [0.2, 0.25) is 0 Å². The maximum atomic E-state index is 11.9. The number of nitrogens with zero attached hydrogens (tertiary/aromatic N) is 3. The minimum atomic E-state index is -0.620. The van der Waals surface area contributed by atoms with Gasteiger partial charge in [0.1, 0.15) is 11.9 Å². The van der Waals surface area contributed by atoms with Crippen LogP contribution in [0.25, 0.3) is 0 Å². The molecule has 1 saturated heterocycles. The van der Waals surface area contributed by atoms with Crippen LogP contribution in [-0.2, 0) is 6.42 Å². The van der Waals surface area contributed by atoms with Crippen LogP contribution in [-0.4, -0.2) is 47.2 Å². The molecule has 3 aromatic rings. The van der Waals surface area contributed by atoms with Gasteiger partial charge in [-0.1, -0.05) is 37.3 Å². The average molecular weight is 440 g/mol. The second-order valence-corrected chi connectivity index (χ2v) is 8.83. The van der Waals surface area contributed by atoms with Crippen molar-refractivity contribution in [1.82, 2.24) is 9.88 Å². The van der Waals surface area contributed by atoms with Crippen LogP contribution in [0.4, 0.5) is 10.1 Å². The van der Waals surface area contributed by atoms with E-state index in [0.29, 0.717) is 6.04 Å². The smallest absolute Gasteiger partial charge is 0.123 e. The topological polar surface area (TPSA) is 39.6 Å². The van der Waals surface area contributed by atoms with E-state index in [1.165, 1.54) is 60.7 Å². The number of hydrogen-bond donors (Lipinski definition) is 1. The molecule has 5 rings (SSSR count). The summed E-state index contributed by atoms with van der Waals surface area (Å²) in [6.45, 7) is 6.93. The summed E-state index contributed by atoms with van der Waals surface area (Å²) < 4.78 is 11.9. The number of aliphatic hydroxyl groups is 1. The highest BCUT2D eigenvalue weighted by atomic mass is 32.1.